The molecule has 0 aromatic heterocycles. The third-order valence-corrected chi connectivity index (χ3v) is 3.77. The molecule has 0 N–H and O–H groups in total. The van der Waals surface area contributed by atoms with Crippen molar-refractivity contribution in [2.24, 2.45) is 0 Å². The van der Waals surface area contributed by atoms with Crippen LogP contribution in [0.4, 0.5) is 5.69 Å². The topological polar surface area (TPSA) is 36.3 Å². The van der Waals surface area contributed by atoms with E-state index in [2.05, 4.69) is 26.9 Å². The highest BCUT2D eigenvalue weighted by molar-refractivity contribution is 9.10. The normalized spacial score (nSPS) is 9.90. The van der Waals surface area contributed by atoms with Crippen molar-refractivity contribution in [1.29, 1.82) is 5.26 Å². The molecule has 0 spiro atoms. The monoisotopic (exact) mass is 330 g/mol. The van der Waals surface area contributed by atoms with Gasteiger partial charge in [0.05, 0.1) is 12.7 Å². The van der Waals surface area contributed by atoms with Crippen molar-refractivity contribution in [3.63, 3.8) is 0 Å². The van der Waals surface area contributed by atoms with Gasteiger partial charge in [-0.15, -0.1) is 0 Å². The lowest BCUT2D eigenvalue weighted by Gasteiger charge is -2.21. The molecule has 0 saturated carbocycles. The van der Waals surface area contributed by atoms with Gasteiger partial charge in [0.2, 0.25) is 0 Å². The number of nitrogens with zero attached hydrogens (tertiary/aromatic N) is 2. The van der Waals surface area contributed by atoms with Crippen LogP contribution >= 0.6 is 15.9 Å². The number of methoxy groups -OCH3 is 1. The zero-order valence-electron chi connectivity index (χ0n) is 11.4. The Labute approximate surface area is 127 Å². The Bertz CT molecular complexity index is 649. The molecule has 3 nitrogen and oxygen atoms in total. The van der Waals surface area contributed by atoms with Crippen LogP contribution in [-0.4, -0.2) is 14.2 Å². The first-order chi connectivity index (χ1) is 9.65. The smallest absolute Gasteiger partial charge is 0.123 e. The summed E-state index contributed by atoms with van der Waals surface area (Å²) < 4.78 is 6.17. The predicted octanol–water partition coefficient (Wildman–Crippen LogP) is 3.97. The second-order valence-electron chi connectivity index (χ2n) is 4.44. The van der Waals surface area contributed by atoms with Gasteiger partial charge in [-0.25, -0.2) is 0 Å². The predicted molar refractivity (Wildman–Crippen MR) is 84.0 cm³/mol. The summed E-state index contributed by atoms with van der Waals surface area (Å²) in [5.74, 6) is 0.882. The molecule has 2 rings (SSSR count). The molecule has 0 bridgehead atoms. The van der Waals surface area contributed by atoms with Crippen molar-refractivity contribution < 1.29 is 4.74 Å². The van der Waals surface area contributed by atoms with Crippen LogP contribution in [0.1, 0.15) is 11.1 Å². The summed E-state index contributed by atoms with van der Waals surface area (Å²) in [6, 6.07) is 15.8. The molecule has 0 heterocycles. The highest BCUT2D eigenvalue weighted by Gasteiger charge is 2.08. The third kappa shape index (κ3) is 3.12. The third-order valence-electron chi connectivity index (χ3n) is 3.11. The van der Waals surface area contributed by atoms with Gasteiger partial charge in [-0.05, 0) is 40.2 Å². The molecule has 0 aliphatic heterocycles. The molecular weight excluding hydrogens is 316 g/mol. The average Bonchev–Trinajstić information content (AvgIpc) is 2.47. The molecule has 0 saturated heterocycles. The Kier molecular flexibility index (Phi) is 4.65. The molecule has 0 amide bonds. The zero-order valence-corrected chi connectivity index (χ0v) is 13.0. The molecule has 2 aromatic rings. The molecule has 0 aliphatic carbocycles. The summed E-state index contributed by atoms with van der Waals surface area (Å²) >= 11 is 3.42. The molecule has 4 heteroatoms. The van der Waals surface area contributed by atoms with E-state index in [0.717, 1.165) is 28.0 Å². The zero-order chi connectivity index (χ0) is 14.5. The van der Waals surface area contributed by atoms with Crippen LogP contribution < -0.4 is 9.64 Å². The minimum absolute atomic E-state index is 0.638. The number of benzene rings is 2. The molecule has 0 aliphatic rings. The highest BCUT2D eigenvalue weighted by Crippen LogP contribution is 2.26. The van der Waals surface area contributed by atoms with E-state index in [0.29, 0.717) is 5.56 Å². The fourth-order valence-corrected chi connectivity index (χ4v) is 2.47. The quantitative estimate of drug-likeness (QED) is 0.851. The van der Waals surface area contributed by atoms with E-state index in [1.807, 2.05) is 49.5 Å². The maximum atomic E-state index is 8.94. The van der Waals surface area contributed by atoms with Crippen molar-refractivity contribution in [3.8, 4) is 11.8 Å². The number of para-hydroxylation sites is 1. The summed E-state index contributed by atoms with van der Waals surface area (Å²) in [5.41, 5.74) is 2.80. The van der Waals surface area contributed by atoms with Gasteiger partial charge in [0.15, 0.2) is 0 Å². The highest BCUT2D eigenvalue weighted by atomic mass is 79.9. The van der Waals surface area contributed by atoms with Gasteiger partial charge in [-0.2, -0.15) is 5.26 Å². The van der Waals surface area contributed by atoms with Gasteiger partial charge in [-0.3, -0.25) is 0 Å². The van der Waals surface area contributed by atoms with Crippen LogP contribution in [0.25, 0.3) is 0 Å². The lowest BCUT2D eigenvalue weighted by Crippen LogP contribution is -2.16. The fraction of sp³-hybridized carbons (Fsp3) is 0.188. The van der Waals surface area contributed by atoms with E-state index < -0.39 is 0 Å². The minimum atomic E-state index is 0.638. The first-order valence-electron chi connectivity index (χ1n) is 6.18. The summed E-state index contributed by atoms with van der Waals surface area (Å²) in [5, 5.41) is 8.94. The Morgan fingerprint density at radius 2 is 2.00 bits per heavy atom. The summed E-state index contributed by atoms with van der Waals surface area (Å²) in [6.07, 6.45) is 0. The minimum Gasteiger partial charge on any atom is -0.496 e. The Morgan fingerprint density at radius 1 is 1.25 bits per heavy atom. The Hall–Kier alpha value is -1.99. The largest absolute Gasteiger partial charge is 0.496 e. The molecule has 0 atom stereocenters. The van der Waals surface area contributed by atoms with E-state index >= 15 is 0 Å². The average molecular weight is 331 g/mol. The summed E-state index contributed by atoms with van der Waals surface area (Å²) in [7, 11) is 3.69. The second kappa shape index (κ2) is 6.44. The van der Waals surface area contributed by atoms with Gasteiger partial charge in [0, 0.05) is 29.3 Å². The van der Waals surface area contributed by atoms with Crippen molar-refractivity contribution in [3.05, 3.63) is 58.1 Å². The number of anilines is 1. The molecule has 102 valence electrons. The first kappa shape index (κ1) is 14.4. The number of hydrogen-bond donors (Lipinski definition) is 0. The van der Waals surface area contributed by atoms with Gasteiger partial charge in [0.25, 0.3) is 0 Å². The fourth-order valence-electron chi connectivity index (χ4n) is 2.01. The number of halogens is 1. The molecule has 2 aromatic carbocycles. The van der Waals surface area contributed by atoms with E-state index in [1.54, 1.807) is 7.11 Å². The number of ether oxygens (including phenoxy) is 1. The van der Waals surface area contributed by atoms with Crippen molar-refractivity contribution in [2.45, 2.75) is 6.54 Å². The molecule has 0 radical (unpaired) electrons. The first-order valence-corrected chi connectivity index (χ1v) is 6.97. The van der Waals surface area contributed by atoms with Crippen LogP contribution in [-0.2, 0) is 6.54 Å². The van der Waals surface area contributed by atoms with Crippen molar-refractivity contribution >= 4 is 21.6 Å². The Balaban J connectivity index is 2.22. The van der Waals surface area contributed by atoms with E-state index in [1.165, 1.54) is 0 Å². The maximum Gasteiger partial charge on any atom is 0.123 e. The molecule has 20 heavy (non-hydrogen) atoms. The van der Waals surface area contributed by atoms with Crippen molar-refractivity contribution in [2.75, 3.05) is 19.1 Å². The summed E-state index contributed by atoms with van der Waals surface area (Å²) in [4.78, 5) is 2.11. The van der Waals surface area contributed by atoms with Crippen LogP contribution in [0.2, 0.25) is 0 Å². The van der Waals surface area contributed by atoms with Crippen molar-refractivity contribution in [1.82, 2.24) is 0 Å². The lowest BCUT2D eigenvalue weighted by atomic mass is 10.1. The van der Waals surface area contributed by atoms with Gasteiger partial charge < -0.3 is 9.64 Å². The van der Waals surface area contributed by atoms with Crippen LogP contribution in [0.15, 0.2) is 46.9 Å². The molecular formula is C16H15BrN2O. The van der Waals surface area contributed by atoms with E-state index in [4.69, 9.17) is 10.00 Å². The van der Waals surface area contributed by atoms with Gasteiger partial charge in [-0.1, -0.05) is 18.2 Å². The van der Waals surface area contributed by atoms with Crippen LogP contribution in [0.5, 0.6) is 5.75 Å². The van der Waals surface area contributed by atoms with Crippen LogP contribution in [0, 0.1) is 11.3 Å². The van der Waals surface area contributed by atoms with Crippen LogP contribution in [0.3, 0.4) is 0 Å². The number of nitriles is 1. The second-order valence-corrected chi connectivity index (χ2v) is 5.30. The van der Waals surface area contributed by atoms with E-state index in [-0.39, 0.29) is 0 Å². The number of rotatable bonds is 4. The number of hydrogen-bond acceptors (Lipinski definition) is 3. The molecule has 0 unspecified atom stereocenters. The van der Waals surface area contributed by atoms with Gasteiger partial charge in [0.1, 0.15) is 11.8 Å². The standard InChI is InChI=1S/C16H15BrN2O/c1-19(11-13-5-3-4-6-16(13)20-2)14-8-7-12(10-18)15(17)9-14/h3-9H,11H2,1-2H3. The summed E-state index contributed by atoms with van der Waals surface area (Å²) in [6.45, 7) is 0.738. The SMILES string of the molecule is COc1ccccc1CN(C)c1ccc(C#N)c(Br)c1. The molecule has 0 fully saturated rings. The maximum absolute atomic E-state index is 8.94. The lowest BCUT2D eigenvalue weighted by molar-refractivity contribution is 0.409. The van der Waals surface area contributed by atoms with Gasteiger partial charge >= 0.3 is 0 Å². The van der Waals surface area contributed by atoms with E-state index in [9.17, 15) is 0 Å². The Morgan fingerprint density at radius 3 is 2.65 bits per heavy atom.